The van der Waals surface area contributed by atoms with Gasteiger partial charge < -0.3 is 4.74 Å². The lowest BCUT2D eigenvalue weighted by Crippen LogP contribution is -2.31. The van der Waals surface area contributed by atoms with Gasteiger partial charge in [-0.3, -0.25) is 9.88 Å². The molecule has 1 aliphatic carbocycles. The smallest absolute Gasteiger partial charge is 0.0535 e. The van der Waals surface area contributed by atoms with Crippen LogP contribution in [0.3, 0.4) is 0 Å². The minimum Gasteiger partial charge on any atom is -0.381 e. The summed E-state index contributed by atoms with van der Waals surface area (Å²) in [6.45, 7) is 13.5. The normalized spacial score (nSPS) is 23.4. The van der Waals surface area contributed by atoms with Crippen LogP contribution in [-0.2, 0) is 11.3 Å². The second kappa shape index (κ2) is 8.49. The van der Waals surface area contributed by atoms with Crippen LogP contribution >= 0.6 is 0 Å². The molecule has 0 bridgehead atoms. The Morgan fingerprint density at radius 1 is 1.23 bits per heavy atom. The fourth-order valence-corrected chi connectivity index (χ4v) is 4.31. The molecule has 3 nitrogen and oxygen atoms in total. The molecule has 1 aromatic rings. The van der Waals surface area contributed by atoms with Crippen molar-refractivity contribution in [1.82, 2.24) is 9.88 Å². The van der Waals surface area contributed by atoms with Crippen molar-refractivity contribution < 1.29 is 4.74 Å². The molecule has 0 N–H and O–H groups in total. The molecule has 0 saturated carbocycles. The third-order valence-corrected chi connectivity index (χ3v) is 5.92. The molecule has 2 heterocycles. The summed E-state index contributed by atoms with van der Waals surface area (Å²) in [6.07, 6.45) is 9.56. The van der Waals surface area contributed by atoms with E-state index in [0.29, 0.717) is 5.41 Å². The van der Waals surface area contributed by atoms with E-state index >= 15 is 0 Å². The number of nitrogens with zero attached hydrogens (tertiary/aromatic N) is 2. The lowest BCUT2D eigenvalue weighted by molar-refractivity contribution is 0.0490. The fraction of sp³-hybridized carbons (Fsp3) is 0.609. The third-order valence-electron chi connectivity index (χ3n) is 5.92. The first kappa shape index (κ1) is 19.3. The molecule has 2 aliphatic rings. The highest BCUT2D eigenvalue weighted by atomic mass is 16.5. The molecule has 26 heavy (non-hydrogen) atoms. The van der Waals surface area contributed by atoms with Gasteiger partial charge in [0, 0.05) is 36.5 Å². The SMILES string of the molecule is CCOC[C@]1(CCC2=CCC(C)=C2)CCN(Cc2ccc(C)nc2C)C1. The molecule has 0 unspecified atom stereocenters. The van der Waals surface area contributed by atoms with Crippen LogP contribution < -0.4 is 0 Å². The van der Waals surface area contributed by atoms with Gasteiger partial charge in [-0.05, 0) is 71.6 Å². The van der Waals surface area contributed by atoms with Crippen LogP contribution in [-0.4, -0.2) is 36.2 Å². The van der Waals surface area contributed by atoms with Crippen molar-refractivity contribution in [3.63, 3.8) is 0 Å². The number of aromatic nitrogens is 1. The third kappa shape index (κ3) is 4.83. The summed E-state index contributed by atoms with van der Waals surface area (Å²) in [6, 6.07) is 4.38. The number of ether oxygens (including phenoxy) is 1. The summed E-state index contributed by atoms with van der Waals surface area (Å²) >= 11 is 0. The van der Waals surface area contributed by atoms with E-state index in [1.165, 1.54) is 41.7 Å². The van der Waals surface area contributed by atoms with Crippen molar-refractivity contribution in [2.45, 2.75) is 59.9 Å². The number of pyridine rings is 1. The van der Waals surface area contributed by atoms with Gasteiger partial charge in [-0.15, -0.1) is 0 Å². The van der Waals surface area contributed by atoms with Gasteiger partial charge in [0.1, 0.15) is 0 Å². The Morgan fingerprint density at radius 2 is 2.08 bits per heavy atom. The maximum atomic E-state index is 5.92. The number of aryl methyl sites for hydroxylation is 2. The summed E-state index contributed by atoms with van der Waals surface area (Å²) in [4.78, 5) is 7.23. The van der Waals surface area contributed by atoms with Crippen LogP contribution in [0.1, 0.15) is 56.5 Å². The van der Waals surface area contributed by atoms with E-state index in [0.717, 1.165) is 45.0 Å². The van der Waals surface area contributed by atoms with Gasteiger partial charge in [-0.1, -0.05) is 29.4 Å². The molecule has 0 aromatic carbocycles. The van der Waals surface area contributed by atoms with E-state index in [2.05, 4.69) is 61.9 Å². The molecule has 0 radical (unpaired) electrons. The number of likely N-dealkylation sites (tertiary alicyclic amines) is 1. The molecule has 1 aromatic heterocycles. The van der Waals surface area contributed by atoms with Gasteiger partial charge in [0.2, 0.25) is 0 Å². The first-order valence-electron chi connectivity index (χ1n) is 10.1. The van der Waals surface area contributed by atoms with E-state index in [4.69, 9.17) is 4.74 Å². The highest BCUT2D eigenvalue weighted by Gasteiger charge is 2.38. The summed E-state index contributed by atoms with van der Waals surface area (Å²) < 4.78 is 5.92. The molecular weight excluding hydrogens is 320 g/mol. The van der Waals surface area contributed by atoms with Crippen LogP contribution in [0.4, 0.5) is 0 Å². The van der Waals surface area contributed by atoms with Gasteiger partial charge in [-0.25, -0.2) is 0 Å². The molecule has 1 saturated heterocycles. The van der Waals surface area contributed by atoms with E-state index < -0.39 is 0 Å². The standard InChI is InChI=1S/C23H34N2O/c1-5-26-17-23(11-10-21-8-6-18(2)14-21)12-13-25(16-23)15-22-9-7-19(3)24-20(22)4/h7-9,14H,5-6,10-13,15-17H2,1-4H3/t23-/m1/s1. The zero-order valence-electron chi connectivity index (χ0n) is 17.0. The Kier molecular flexibility index (Phi) is 6.31. The van der Waals surface area contributed by atoms with Crippen LogP contribution in [0.5, 0.6) is 0 Å². The fourth-order valence-electron chi connectivity index (χ4n) is 4.31. The minimum atomic E-state index is 0.299. The van der Waals surface area contributed by atoms with Gasteiger partial charge in [-0.2, -0.15) is 0 Å². The second-order valence-electron chi connectivity index (χ2n) is 8.27. The van der Waals surface area contributed by atoms with Gasteiger partial charge in [0.15, 0.2) is 0 Å². The number of rotatable bonds is 8. The van der Waals surface area contributed by atoms with Crippen LogP contribution in [0.25, 0.3) is 0 Å². The van der Waals surface area contributed by atoms with Crippen LogP contribution in [0, 0.1) is 19.3 Å². The van der Waals surface area contributed by atoms with Crippen molar-refractivity contribution in [3.8, 4) is 0 Å². The van der Waals surface area contributed by atoms with Crippen molar-refractivity contribution in [1.29, 1.82) is 0 Å². The molecule has 1 aliphatic heterocycles. The van der Waals surface area contributed by atoms with Gasteiger partial charge in [0.05, 0.1) is 6.61 Å². The summed E-state index contributed by atoms with van der Waals surface area (Å²) in [7, 11) is 0. The predicted molar refractivity (Wildman–Crippen MR) is 108 cm³/mol. The highest BCUT2D eigenvalue weighted by Crippen LogP contribution is 2.38. The first-order chi connectivity index (χ1) is 12.5. The zero-order valence-corrected chi connectivity index (χ0v) is 17.0. The quantitative estimate of drug-likeness (QED) is 0.658. The lowest BCUT2D eigenvalue weighted by atomic mass is 9.82. The molecule has 0 spiro atoms. The molecule has 3 heteroatoms. The molecule has 1 fully saturated rings. The molecule has 0 amide bonds. The average Bonchev–Trinajstić information content (AvgIpc) is 3.21. The maximum Gasteiger partial charge on any atom is 0.0535 e. The van der Waals surface area contributed by atoms with Gasteiger partial charge in [0.25, 0.3) is 0 Å². The Balaban J connectivity index is 1.63. The summed E-state index contributed by atoms with van der Waals surface area (Å²) in [5, 5.41) is 0. The molecule has 1 atom stereocenters. The number of hydrogen-bond acceptors (Lipinski definition) is 3. The summed E-state index contributed by atoms with van der Waals surface area (Å²) in [5.41, 5.74) is 6.95. The van der Waals surface area contributed by atoms with Crippen molar-refractivity contribution >= 4 is 0 Å². The average molecular weight is 355 g/mol. The predicted octanol–water partition coefficient (Wildman–Crippen LogP) is 4.98. The Bertz CT molecular complexity index is 691. The second-order valence-corrected chi connectivity index (χ2v) is 8.27. The first-order valence-corrected chi connectivity index (χ1v) is 10.1. The topological polar surface area (TPSA) is 25.4 Å². The van der Waals surface area contributed by atoms with Crippen molar-refractivity contribution in [3.05, 3.63) is 52.4 Å². The molecule has 3 rings (SSSR count). The molecular formula is C23H34N2O. The van der Waals surface area contributed by atoms with Crippen molar-refractivity contribution in [2.75, 3.05) is 26.3 Å². The van der Waals surface area contributed by atoms with E-state index in [1.807, 2.05) is 0 Å². The monoisotopic (exact) mass is 354 g/mol. The van der Waals surface area contributed by atoms with Crippen LogP contribution in [0.15, 0.2) is 35.4 Å². The van der Waals surface area contributed by atoms with E-state index in [9.17, 15) is 0 Å². The molecule has 142 valence electrons. The lowest BCUT2D eigenvalue weighted by Gasteiger charge is -2.29. The number of allylic oxidation sites excluding steroid dienone is 4. The Hall–Kier alpha value is -1.45. The van der Waals surface area contributed by atoms with Gasteiger partial charge >= 0.3 is 0 Å². The minimum absolute atomic E-state index is 0.299. The largest absolute Gasteiger partial charge is 0.381 e. The van der Waals surface area contributed by atoms with Crippen molar-refractivity contribution in [2.24, 2.45) is 5.41 Å². The number of hydrogen-bond donors (Lipinski definition) is 0. The Morgan fingerprint density at radius 3 is 2.77 bits per heavy atom. The zero-order chi connectivity index (χ0) is 18.6. The highest BCUT2D eigenvalue weighted by molar-refractivity contribution is 5.31. The Labute approximate surface area is 159 Å². The summed E-state index contributed by atoms with van der Waals surface area (Å²) in [5.74, 6) is 0. The van der Waals surface area contributed by atoms with E-state index in [-0.39, 0.29) is 0 Å². The van der Waals surface area contributed by atoms with Crippen LogP contribution in [0.2, 0.25) is 0 Å². The maximum absolute atomic E-state index is 5.92. The van der Waals surface area contributed by atoms with E-state index in [1.54, 1.807) is 0 Å².